The molecule has 24 heavy (non-hydrogen) atoms. The summed E-state index contributed by atoms with van der Waals surface area (Å²) >= 11 is 0. The van der Waals surface area contributed by atoms with Crippen molar-refractivity contribution in [2.45, 2.75) is 76.4 Å². The average molecular weight is 350 g/mol. The number of para-hydroxylation sites is 1. The van der Waals surface area contributed by atoms with E-state index in [1.54, 1.807) is 4.31 Å². The second-order valence-electron chi connectivity index (χ2n) is 8.40. The van der Waals surface area contributed by atoms with Crippen LogP contribution in [0.1, 0.15) is 71.3 Å². The lowest BCUT2D eigenvalue weighted by Gasteiger charge is -2.31. The summed E-state index contributed by atoms with van der Waals surface area (Å²) in [5.41, 5.74) is 2.09. The summed E-state index contributed by atoms with van der Waals surface area (Å²) in [6.45, 7) is 7.27. The lowest BCUT2D eigenvalue weighted by molar-refractivity contribution is 0.398. The van der Waals surface area contributed by atoms with Crippen molar-refractivity contribution in [1.82, 2.24) is 0 Å². The number of benzene rings is 1. The largest absolute Gasteiger partial charge is 0.269 e. The summed E-state index contributed by atoms with van der Waals surface area (Å²) in [5.74, 6) is 0.355. The highest BCUT2D eigenvalue weighted by Crippen LogP contribution is 2.42. The molecule has 1 atom stereocenters. The van der Waals surface area contributed by atoms with Gasteiger partial charge in [0.25, 0.3) is 0 Å². The van der Waals surface area contributed by atoms with Gasteiger partial charge in [-0.2, -0.15) is 0 Å². The fourth-order valence-corrected chi connectivity index (χ4v) is 6.84. The SMILES string of the molecule is CC1CN(S(=O)(=O)C2CCCCCC2)c2ccccc2C(C)(C)C1. The van der Waals surface area contributed by atoms with Gasteiger partial charge in [0.15, 0.2) is 0 Å². The zero-order chi connectivity index (χ0) is 17.4. The average Bonchev–Trinajstić information content (AvgIpc) is 2.85. The molecule has 1 aromatic rings. The molecule has 2 aliphatic rings. The predicted molar refractivity (Wildman–Crippen MR) is 101 cm³/mol. The predicted octanol–water partition coefficient (Wildman–Crippen LogP) is 4.86. The van der Waals surface area contributed by atoms with Crippen LogP contribution < -0.4 is 4.31 Å². The molecule has 1 saturated carbocycles. The minimum Gasteiger partial charge on any atom is -0.269 e. The van der Waals surface area contributed by atoms with Gasteiger partial charge in [-0.15, -0.1) is 0 Å². The van der Waals surface area contributed by atoms with Gasteiger partial charge >= 0.3 is 0 Å². The van der Waals surface area contributed by atoms with Gasteiger partial charge in [-0.25, -0.2) is 8.42 Å². The highest BCUT2D eigenvalue weighted by atomic mass is 32.2. The number of sulfonamides is 1. The third kappa shape index (κ3) is 3.35. The van der Waals surface area contributed by atoms with Crippen molar-refractivity contribution in [3.63, 3.8) is 0 Å². The summed E-state index contributed by atoms with van der Waals surface area (Å²) in [4.78, 5) is 0. The highest BCUT2D eigenvalue weighted by molar-refractivity contribution is 7.93. The minimum absolute atomic E-state index is 0.00370. The van der Waals surface area contributed by atoms with E-state index in [0.717, 1.165) is 37.8 Å². The Morgan fingerprint density at radius 1 is 1.04 bits per heavy atom. The van der Waals surface area contributed by atoms with Crippen LogP contribution in [0.2, 0.25) is 0 Å². The standard InChI is InChI=1S/C20H31NO2S/c1-16-14-20(2,3)18-12-8-9-13-19(18)21(15-16)24(22,23)17-10-6-4-5-7-11-17/h8-9,12-13,16-17H,4-7,10-11,14-15H2,1-3H3. The molecule has 3 nitrogen and oxygen atoms in total. The van der Waals surface area contributed by atoms with E-state index in [0.29, 0.717) is 12.5 Å². The van der Waals surface area contributed by atoms with Crippen LogP contribution in [-0.2, 0) is 15.4 Å². The molecule has 3 rings (SSSR count). The van der Waals surface area contributed by atoms with Gasteiger partial charge in [0.05, 0.1) is 10.9 Å². The first kappa shape index (κ1) is 17.8. The van der Waals surface area contributed by atoms with E-state index in [1.807, 2.05) is 18.2 Å². The summed E-state index contributed by atoms with van der Waals surface area (Å²) in [6, 6.07) is 8.12. The molecule has 1 aliphatic heterocycles. The first-order valence-electron chi connectivity index (χ1n) is 9.43. The molecule has 0 bridgehead atoms. The number of rotatable bonds is 2. The highest BCUT2D eigenvalue weighted by Gasteiger charge is 2.39. The van der Waals surface area contributed by atoms with E-state index in [9.17, 15) is 8.42 Å². The Kier molecular flexibility index (Phi) is 4.96. The Bertz CT molecular complexity index is 673. The zero-order valence-electron chi connectivity index (χ0n) is 15.3. The van der Waals surface area contributed by atoms with Crippen LogP contribution in [-0.4, -0.2) is 20.2 Å². The van der Waals surface area contributed by atoms with Crippen LogP contribution in [0.15, 0.2) is 24.3 Å². The number of fused-ring (bicyclic) bond motifs is 1. The second-order valence-corrected chi connectivity index (χ2v) is 10.5. The zero-order valence-corrected chi connectivity index (χ0v) is 16.1. The van der Waals surface area contributed by atoms with Gasteiger partial charge in [0.1, 0.15) is 0 Å². The number of nitrogens with zero attached hydrogens (tertiary/aromatic N) is 1. The van der Waals surface area contributed by atoms with E-state index in [2.05, 4.69) is 26.8 Å². The molecule has 0 radical (unpaired) electrons. The van der Waals surface area contributed by atoms with Crippen LogP contribution in [0.5, 0.6) is 0 Å². The van der Waals surface area contributed by atoms with Gasteiger partial charge in [-0.1, -0.05) is 64.7 Å². The van der Waals surface area contributed by atoms with Gasteiger partial charge < -0.3 is 0 Å². The van der Waals surface area contributed by atoms with E-state index < -0.39 is 10.0 Å². The van der Waals surface area contributed by atoms with Gasteiger partial charge in [0, 0.05) is 6.54 Å². The van der Waals surface area contributed by atoms with E-state index in [1.165, 1.54) is 18.4 Å². The van der Waals surface area contributed by atoms with Crippen molar-refractivity contribution in [3.05, 3.63) is 29.8 Å². The van der Waals surface area contributed by atoms with Crippen LogP contribution in [0.25, 0.3) is 0 Å². The van der Waals surface area contributed by atoms with Crippen molar-refractivity contribution < 1.29 is 8.42 Å². The maximum absolute atomic E-state index is 13.5. The lowest BCUT2D eigenvalue weighted by Crippen LogP contribution is -2.41. The molecule has 0 amide bonds. The van der Waals surface area contributed by atoms with Gasteiger partial charge in [0.2, 0.25) is 10.0 Å². The third-order valence-corrected chi connectivity index (χ3v) is 8.04. The molecule has 0 spiro atoms. The normalized spacial score (nSPS) is 25.6. The van der Waals surface area contributed by atoms with Crippen LogP contribution in [0.3, 0.4) is 0 Å². The Hall–Kier alpha value is -1.03. The van der Waals surface area contributed by atoms with E-state index >= 15 is 0 Å². The molecular weight excluding hydrogens is 318 g/mol. The first-order valence-corrected chi connectivity index (χ1v) is 10.9. The van der Waals surface area contributed by atoms with Crippen molar-refractivity contribution in [2.75, 3.05) is 10.8 Å². The molecule has 0 N–H and O–H groups in total. The maximum Gasteiger partial charge on any atom is 0.238 e. The molecule has 1 unspecified atom stereocenters. The van der Waals surface area contributed by atoms with Crippen molar-refractivity contribution >= 4 is 15.7 Å². The molecule has 1 aliphatic carbocycles. The van der Waals surface area contributed by atoms with Crippen LogP contribution in [0, 0.1) is 5.92 Å². The Balaban J connectivity index is 2.05. The van der Waals surface area contributed by atoms with E-state index in [4.69, 9.17) is 0 Å². The van der Waals surface area contributed by atoms with Crippen molar-refractivity contribution in [3.8, 4) is 0 Å². The molecule has 0 saturated heterocycles. The summed E-state index contributed by atoms with van der Waals surface area (Å²) in [5, 5.41) is -0.207. The molecule has 4 heteroatoms. The number of anilines is 1. The van der Waals surface area contributed by atoms with Gasteiger partial charge in [-0.05, 0) is 42.2 Å². The van der Waals surface area contributed by atoms with Crippen LogP contribution >= 0.6 is 0 Å². The molecule has 1 aromatic carbocycles. The lowest BCUT2D eigenvalue weighted by atomic mass is 9.78. The first-order chi connectivity index (χ1) is 11.3. The number of hydrogen-bond donors (Lipinski definition) is 0. The Morgan fingerprint density at radius 3 is 2.33 bits per heavy atom. The van der Waals surface area contributed by atoms with Crippen molar-refractivity contribution in [2.24, 2.45) is 5.92 Å². The van der Waals surface area contributed by atoms with Crippen molar-refractivity contribution in [1.29, 1.82) is 0 Å². The second kappa shape index (κ2) is 6.70. The monoisotopic (exact) mass is 349 g/mol. The summed E-state index contributed by atoms with van der Waals surface area (Å²) in [6.07, 6.45) is 7.08. The fourth-order valence-electron chi connectivity index (χ4n) is 4.65. The molecule has 0 aromatic heterocycles. The third-order valence-electron chi connectivity index (χ3n) is 5.77. The quantitative estimate of drug-likeness (QED) is 0.715. The Morgan fingerprint density at radius 2 is 1.67 bits per heavy atom. The number of hydrogen-bond acceptors (Lipinski definition) is 2. The fraction of sp³-hybridized carbons (Fsp3) is 0.700. The molecular formula is C20H31NO2S. The Labute approximate surface area is 147 Å². The van der Waals surface area contributed by atoms with Gasteiger partial charge in [-0.3, -0.25) is 4.31 Å². The summed E-state index contributed by atoms with van der Waals surface area (Å²) in [7, 11) is -3.29. The topological polar surface area (TPSA) is 37.4 Å². The summed E-state index contributed by atoms with van der Waals surface area (Å²) < 4.78 is 28.7. The maximum atomic E-state index is 13.5. The molecule has 1 fully saturated rings. The minimum atomic E-state index is -3.29. The molecule has 134 valence electrons. The smallest absolute Gasteiger partial charge is 0.238 e. The molecule has 1 heterocycles. The van der Waals surface area contributed by atoms with E-state index in [-0.39, 0.29) is 10.7 Å². The van der Waals surface area contributed by atoms with Crippen LogP contribution in [0.4, 0.5) is 5.69 Å².